The molecule has 17 heavy (non-hydrogen) atoms. The number of pyridine rings is 1. The lowest BCUT2D eigenvalue weighted by molar-refractivity contribution is 0.559. The van der Waals surface area contributed by atoms with Crippen molar-refractivity contribution in [3.05, 3.63) is 40.7 Å². The predicted octanol–water partition coefficient (Wildman–Crippen LogP) is 2.70. The van der Waals surface area contributed by atoms with E-state index in [1.165, 1.54) is 5.56 Å². The SMILES string of the molecule is CC(C)n1c(CCc2ccncc2)n[nH]c1=S. The van der Waals surface area contributed by atoms with Gasteiger partial charge in [-0.2, -0.15) is 5.10 Å². The van der Waals surface area contributed by atoms with Crippen molar-refractivity contribution in [2.45, 2.75) is 32.7 Å². The highest BCUT2D eigenvalue weighted by molar-refractivity contribution is 7.71. The Balaban J connectivity index is 2.12. The molecule has 90 valence electrons. The molecule has 0 saturated carbocycles. The van der Waals surface area contributed by atoms with Crippen molar-refractivity contribution in [1.29, 1.82) is 0 Å². The fourth-order valence-corrected chi connectivity index (χ4v) is 2.21. The van der Waals surface area contributed by atoms with Gasteiger partial charge in [0.25, 0.3) is 0 Å². The summed E-state index contributed by atoms with van der Waals surface area (Å²) in [5.41, 5.74) is 1.27. The summed E-state index contributed by atoms with van der Waals surface area (Å²) in [6, 6.07) is 4.40. The molecule has 0 fully saturated rings. The van der Waals surface area contributed by atoms with E-state index in [0.29, 0.717) is 10.8 Å². The number of aromatic amines is 1. The molecule has 0 aliphatic carbocycles. The second-order valence-corrected chi connectivity index (χ2v) is 4.65. The van der Waals surface area contributed by atoms with E-state index in [0.717, 1.165) is 18.7 Å². The maximum atomic E-state index is 5.21. The van der Waals surface area contributed by atoms with Gasteiger partial charge in [0.15, 0.2) is 4.77 Å². The lowest BCUT2D eigenvalue weighted by Gasteiger charge is -2.09. The third kappa shape index (κ3) is 2.79. The first-order chi connectivity index (χ1) is 8.18. The average molecular weight is 248 g/mol. The van der Waals surface area contributed by atoms with Crippen LogP contribution in [0, 0.1) is 4.77 Å². The second kappa shape index (κ2) is 5.23. The average Bonchev–Trinajstić information content (AvgIpc) is 2.69. The molecular formula is C12H16N4S. The summed E-state index contributed by atoms with van der Waals surface area (Å²) >= 11 is 5.21. The molecule has 1 N–H and O–H groups in total. The Bertz CT molecular complexity index is 527. The van der Waals surface area contributed by atoms with Crippen molar-refractivity contribution < 1.29 is 0 Å². The van der Waals surface area contributed by atoms with Crippen LogP contribution >= 0.6 is 12.2 Å². The van der Waals surface area contributed by atoms with Gasteiger partial charge in [-0.15, -0.1) is 0 Å². The smallest absolute Gasteiger partial charge is 0.195 e. The molecule has 0 aromatic carbocycles. The summed E-state index contributed by atoms with van der Waals surface area (Å²) in [4.78, 5) is 4.01. The van der Waals surface area contributed by atoms with Crippen LogP contribution in [0.2, 0.25) is 0 Å². The fourth-order valence-electron chi connectivity index (χ4n) is 1.85. The highest BCUT2D eigenvalue weighted by Crippen LogP contribution is 2.11. The summed E-state index contributed by atoms with van der Waals surface area (Å²) in [7, 11) is 0. The molecule has 2 aromatic heterocycles. The van der Waals surface area contributed by atoms with Crippen LogP contribution < -0.4 is 0 Å². The second-order valence-electron chi connectivity index (χ2n) is 4.26. The first-order valence-electron chi connectivity index (χ1n) is 5.73. The molecule has 0 bridgehead atoms. The van der Waals surface area contributed by atoms with Gasteiger partial charge in [0.2, 0.25) is 0 Å². The highest BCUT2D eigenvalue weighted by Gasteiger charge is 2.08. The maximum Gasteiger partial charge on any atom is 0.195 e. The molecule has 2 aromatic rings. The number of nitrogens with one attached hydrogen (secondary N) is 1. The minimum atomic E-state index is 0.341. The van der Waals surface area contributed by atoms with E-state index < -0.39 is 0 Å². The molecule has 2 heterocycles. The van der Waals surface area contributed by atoms with Crippen LogP contribution in [-0.4, -0.2) is 19.7 Å². The zero-order chi connectivity index (χ0) is 12.3. The van der Waals surface area contributed by atoms with Crippen LogP contribution in [0.1, 0.15) is 31.3 Å². The zero-order valence-corrected chi connectivity index (χ0v) is 10.9. The third-order valence-corrected chi connectivity index (χ3v) is 2.97. The molecule has 4 nitrogen and oxygen atoms in total. The number of nitrogens with zero attached hydrogens (tertiary/aromatic N) is 3. The van der Waals surface area contributed by atoms with Gasteiger partial charge in [-0.05, 0) is 50.2 Å². The zero-order valence-electron chi connectivity index (χ0n) is 10.1. The normalized spacial score (nSPS) is 11.0. The summed E-state index contributed by atoms with van der Waals surface area (Å²) in [5.74, 6) is 1.02. The number of H-pyrrole nitrogens is 1. The minimum absolute atomic E-state index is 0.341. The summed E-state index contributed by atoms with van der Waals surface area (Å²) in [5, 5.41) is 7.14. The number of rotatable bonds is 4. The van der Waals surface area contributed by atoms with Gasteiger partial charge in [-0.25, -0.2) is 0 Å². The van der Waals surface area contributed by atoms with Crippen LogP contribution in [0.3, 0.4) is 0 Å². The number of aromatic nitrogens is 4. The van der Waals surface area contributed by atoms with Crippen LogP contribution in [0.4, 0.5) is 0 Å². The van der Waals surface area contributed by atoms with Gasteiger partial charge in [0.1, 0.15) is 5.82 Å². The molecule has 0 spiro atoms. The Morgan fingerprint density at radius 3 is 2.65 bits per heavy atom. The van der Waals surface area contributed by atoms with E-state index in [2.05, 4.69) is 33.6 Å². The predicted molar refractivity (Wildman–Crippen MR) is 69.4 cm³/mol. The van der Waals surface area contributed by atoms with Crippen LogP contribution in [0.25, 0.3) is 0 Å². The summed E-state index contributed by atoms with van der Waals surface area (Å²) in [6.07, 6.45) is 5.47. The highest BCUT2D eigenvalue weighted by atomic mass is 32.1. The Morgan fingerprint density at radius 1 is 1.29 bits per heavy atom. The van der Waals surface area contributed by atoms with E-state index >= 15 is 0 Å². The molecule has 0 saturated heterocycles. The molecule has 0 radical (unpaired) electrons. The Kier molecular flexibility index (Phi) is 3.68. The lowest BCUT2D eigenvalue weighted by Crippen LogP contribution is -2.07. The Hall–Kier alpha value is -1.49. The van der Waals surface area contributed by atoms with E-state index in [4.69, 9.17) is 12.2 Å². The van der Waals surface area contributed by atoms with E-state index in [1.54, 1.807) is 0 Å². The van der Waals surface area contributed by atoms with Gasteiger partial charge in [-0.3, -0.25) is 10.1 Å². The van der Waals surface area contributed by atoms with Gasteiger partial charge < -0.3 is 4.57 Å². The van der Waals surface area contributed by atoms with Crippen LogP contribution in [0.15, 0.2) is 24.5 Å². The van der Waals surface area contributed by atoms with Crippen molar-refractivity contribution in [3.8, 4) is 0 Å². The van der Waals surface area contributed by atoms with Crippen molar-refractivity contribution in [3.63, 3.8) is 0 Å². The van der Waals surface area contributed by atoms with Crippen molar-refractivity contribution >= 4 is 12.2 Å². The van der Waals surface area contributed by atoms with Crippen molar-refractivity contribution in [1.82, 2.24) is 19.7 Å². The Labute approximate surface area is 106 Å². The quantitative estimate of drug-likeness (QED) is 0.846. The molecule has 2 rings (SSSR count). The number of hydrogen-bond acceptors (Lipinski definition) is 3. The number of aryl methyl sites for hydroxylation is 2. The van der Waals surface area contributed by atoms with Gasteiger partial charge in [0.05, 0.1) is 0 Å². The summed E-state index contributed by atoms with van der Waals surface area (Å²) in [6.45, 7) is 4.22. The molecule has 0 aliphatic rings. The van der Waals surface area contributed by atoms with Crippen LogP contribution in [-0.2, 0) is 12.8 Å². The van der Waals surface area contributed by atoms with Gasteiger partial charge in [0, 0.05) is 24.9 Å². The third-order valence-electron chi connectivity index (χ3n) is 2.68. The first kappa shape index (κ1) is 12.0. The molecule has 0 atom stereocenters. The molecule has 0 aliphatic heterocycles. The van der Waals surface area contributed by atoms with E-state index in [-0.39, 0.29) is 0 Å². The Morgan fingerprint density at radius 2 is 2.00 bits per heavy atom. The first-order valence-corrected chi connectivity index (χ1v) is 6.14. The van der Waals surface area contributed by atoms with Crippen molar-refractivity contribution in [2.75, 3.05) is 0 Å². The molecule has 5 heteroatoms. The minimum Gasteiger partial charge on any atom is -0.302 e. The maximum absolute atomic E-state index is 5.21. The van der Waals surface area contributed by atoms with Gasteiger partial charge in [-0.1, -0.05) is 0 Å². The topological polar surface area (TPSA) is 46.5 Å². The van der Waals surface area contributed by atoms with Gasteiger partial charge >= 0.3 is 0 Å². The number of hydrogen-bond donors (Lipinski definition) is 1. The molecule has 0 amide bonds. The standard InChI is InChI=1S/C12H16N4S/c1-9(2)16-11(14-15-12(16)17)4-3-10-5-7-13-8-6-10/h5-9H,3-4H2,1-2H3,(H,15,17). The fraction of sp³-hybridized carbons (Fsp3) is 0.417. The van der Waals surface area contributed by atoms with Crippen molar-refractivity contribution in [2.24, 2.45) is 0 Å². The largest absolute Gasteiger partial charge is 0.302 e. The molecule has 0 unspecified atom stereocenters. The van der Waals surface area contributed by atoms with E-state index in [9.17, 15) is 0 Å². The monoisotopic (exact) mass is 248 g/mol. The van der Waals surface area contributed by atoms with Crippen LogP contribution in [0.5, 0.6) is 0 Å². The summed E-state index contributed by atoms with van der Waals surface area (Å²) < 4.78 is 2.76. The lowest BCUT2D eigenvalue weighted by atomic mass is 10.1. The van der Waals surface area contributed by atoms with E-state index in [1.807, 2.05) is 24.5 Å². The molecular weight excluding hydrogens is 232 g/mol.